The van der Waals surface area contributed by atoms with Crippen molar-refractivity contribution in [1.82, 2.24) is 24.5 Å². The first kappa shape index (κ1) is 33.8. The van der Waals surface area contributed by atoms with Crippen LogP contribution in [0.1, 0.15) is 33.9 Å². The first-order valence-corrected chi connectivity index (χ1v) is 19.4. The van der Waals surface area contributed by atoms with Gasteiger partial charge in [-0.15, -0.1) is 0 Å². The van der Waals surface area contributed by atoms with Gasteiger partial charge in [-0.1, -0.05) is 97.1 Å². The number of aromatic nitrogens is 5. The van der Waals surface area contributed by atoms with E-state index in [1.165, 1.54) is 0 Å². The van der Waals surface area contributed by atoms with Crippen molar-refractivity contribution in [3.05, 3.63) is 186 Å². The van der Waals surface area contributed by atoms with E-state index >= 15 is 0 Å². The molecule has 59 heavy (non-hydrogen) atoms. The van der Waals surface area contributed by atoms with Crippen molar-refractivity contribution in [1.29, 1.82) is 10.5 Å². The summed E-state index contributed by atoms with van der Waals surface area (Å²) in [6, 6.07) is 55.8. The molecule has 9 aromatic rings. The van der Waals surface area contributed by atoms with Crippen LogP contribution in [-0.2, 0) is 0 Å². The maximum atomic E-state index is 10.0. The predicted octanol–water partition coefficient (Wildman–Crippen LogP) is 12.5. The molecule has 8 bridgehead atoms. The molecule has 2 aliphatic rings. The summed E-state index contributed by atoms with van der Waals surface area (Å²) >= 11 is 0. The van der Waals surface area contributed by atoms with Gasteiger partial charge in [-0.25, -0.2) is 9.97 Å². The summed E-state index contributed by atoms with van der Waals surface area (Å²) in [6.07, 6.45) is 8.27. The second kappa shape index (κ2) is 13.6. The van der Waals surface area contributed by atoms with Crippen LogP contribution < -0.4 is 0 Å². The van der Waals surface area contributed by atoms with Crippen molar-refractivity contribution in [2.24, 2.45) is 0 Å². The summed E-state index contributed by atoms with van der Waals surface area (Å²) in [6.45, 7) is 0. The van der Waals surface area contributed by atoms with Gasteiger partial charge in [0.05, 0.1) is 68.3 Å². The van der Waals surface area contributed by atoms with Gasteiger partial charge in [0, 0.05) is 44.0 Å². The van der Waals surface area contributed by atoms with E-state index in [0.29, 0.717) is 22.4 Å². The van der Waals surface area contributed by atoms with Crippen molar-refractivity contribution in [2.75, 3.05) is 0 Å². The number of benzene rings is 5. The zero-order valence-corrected chi connectivity index (χ0v) is 31.5. The number of hydrogen-bond donors (Lipinski definition) is 2. The van der Waals surface area contributed by atoms with E-state index in [0.717, 1.165) is 94.5 Å². The average molecular weight is 754 g/mol. The molecule has 2 N–H and O–H groups in total. The van der Waals surface area contributed by atoms with E-state index < -0.39 is 0 Å². The molecule has 0 spiro atoms. The Kier molecular flexibility index (Phi) is 7.79. The van der Waals surface area contributed by atoms with Gasteiger partial charge in [-0.3, -0.25) is 0 Å². The molecule has 7 heteroatoms. The fourth-order valence-electron chi connectivity index (χ4n) is 8.61. The van der Waals surface area contributed by atoms with E-state index in [1.807, 2.05) is 66.7 Å². The lowest BCUT2D eigenvalue weighted by Crippen LogP contribution is -1.98. The second-order valence-electron chi connectivity index (χ2n) is 14.6. The number of aromatic amines is 2. The van der Waals surface area contributed by atoms with Crippen LogP contribution in [-0.4, -0.2) is 24.5 Å². The van der Waals surface area contributed by atoms with Crippen molar-refractivity contribution in [3.8, 4) is 51.2 Å². The fraction of sp³-hybridized carbons (Fsp3) is 0. The lowest BCUT2D eigenvalue weighted by Gasteiger charge is -2.10. The van der Waals surface area contributed by atoms with Crippen molar-refractivity contribution < 1.29 is 0 Å². The highest BCUT2D eigenvalue weighted by atomic mass is 15.0. The molecule has 5 aromatic carbocycles. The van der Waals surface area contributed by atoms with E-state index in [4.69, 9.17) is 9.97 Å². The minimum Gasteiger partial charge on any atom is -0.354 e. The fourth-order valence-corrected chi connectivity index (χ4v) is 8.61. The van der Waals surface area contributed by atoms with Gasteiger partial charge in [-0.2, -0.15) is 10.5 Å². The van der Waals surface area contributed by atoms with Crippen molar-refractivity contribution >= 4 is 68.2 Å². The molecule has 274 valence electrons. The van der Waals surface area contributed by atoms with Gasteiger partial charge >= 0.3 is 0 Å². The zero-order valence-electron chi connectivity index (χ0n) is 31.5. The Labute approximate surface area is 338 Å². The molecule has 2 aliphatic heterocycles. The number of nitrogens with one attached hydrogen (secondary N) is 2. The Morgan fingerprint density at radius 2 is 0.814 bits per heavy atom. The van der Waals surface area contributed by atoms with Crippen LogP contribution in [0.15, 0.2) is 152 Å². The van der Waals surface area contributed by atoms with Gasteiger partial charge in [0.25, 0.3) is 0 Å². The quantitative estimate of drug-likeness (QED) is 0.186. The Morgan fingerprint density at radius 1 is 0.407 bits per heavy atom. The van der Waals surface area contributed by atoms with Crippen LogP contribution in [0.2, 0.25) is 0 Å². The van der Waals surface area contributed by atoms with Gasteiger partial charge < -0.3 is 14.5 Å². The van der Waals surface area contributed by atoms with E-state index in [1.54, 1.807) is 6.07 Å². The molecule has 11 rings (SSSR count). The lowest BCUT2D eigenvalue weighted by molar-refractivity contribution is 1.15. The molecule has 4 aromatic heterocycles. The zero-order chi connectivity index (χ0) is 39.5. The minimum absolute atomic E-state index is 0.396. The number of hydrogen-bond acceptors (Lipinski definition) is 4. The third kappa shape index (κ3) is 5.57. The molecule has 0 unspecified atom stereocenters. The van der Waals surface area contributed by atoms with Crippen LogP contribution in [0.4, 0.5) is 0 Å². The van der Waals surface area contributed by atoms with Gasteiger partial charge in [0.2, 0.25) is 0 Å². The first-order valence-electron chi connectivity index (χ1n) is 19.4. The maximum absolute atomic E-state index is 10.0. The van der Waals surface area contributed by atoms with Crippen molar-refractivity contribution in [2.45, 2.75) is 0 Å². The summed E-state index contributed by atoms with van der Waals surface area (Å²) in [7, 11) is 0. The molecule has 0 saturated heterocycles. The highest BCUT2D eigenvalue weighted by Gasteiger charge is 2.21. The number of nitriles is 2. The third-order valence-corrected chi connectivity index (χ3v) is 11.1. The van der Waals surface area contributed by atoms with Crippen molar-refractivity contribution in [3.63, 3.8) is 0 Å². The monoisotopic (exact) mass is 753 g/mol. The Hall–Kier alpha value is -8.52. The Morgan fingerprint density at radius 3 is 1.32 bits per heavy atom. The summed E-state index contributed by atoms with van der Waals surface area (Å²) in [5.41, 5.74) is 15.8. The topological polar surface area (TPSA) is 110 Å². The second-order valence-corrected chi connectivity index (χ2v) is 14.6. The summed E-state index contributed by atoms with van der Waals surface area (Å²) < 4.78 is 2.33. The lowest BCUT2D eigenvalue weighted by atomic mass is 9.99. The molecule has 0 fully saturated rings. The minimum atomic E-state index is 0.396. The molecule has 7 nitrogen and oxygen atoms in total. The normalized spacial score (nSPS) is 11.9. The smallest absolute Gasteiger partial charge is 0.0992 e. The Balaban J connectivity index is 1.35. The highest BCUT2D eigenvalue weighted by Crippen LogP contribution is 2.40. The molecular weight excluding hydrogens is 723 g/mol. The predicted molar refractivity (Wildman–Crippen MR) is 239 cm³/mol. The summed E-state index contributed by atoms with van der Waals surface area (Å²) in [5, 5.41) is 22.4. The SMILES string of the molecule is N#Cc1cc(C#N)cc(-c2c3nc(c(-c4ccccc4)c4ccc([nH]4)c(-n4c5ccccc5c5ccccc54)c4nc(c(-c5ccccc5)c5ccc2[nH]5)C=C4)C=C3)c1. The largest absolute Gasteiger partial charge is 0.354 e. The molecule has 6 heterocycles. The molecule has 0 aliphatic carbocycles. The highest BCUT2D eigenvalue weighted by molar-refractivity contribution is 6.10. The molecule has 0 amide bonds. The summed E-state index contributed by atoms with van der Waals surface area (Å²) in [4.78, 5) is 18.5. The number of rotatable bonds is 4. The van der Waals surface area contributed by atoms with E-state index in [-0.39, 0.29) is 0 Å². The van der Waals surface area contributed by atoms with E-state index in [2.05, 4.69) is 130 Å². The Bertz CT molecular complexity index is 3390. The molecule has 0 saturated carbocycles. The number of fused-ring (bicyclic) bond motifs is 11. The maximum Gasteiger partial charge on any atom is 0.0992 e. The van der Waals surface area contributed by atoms with Gasteiger partial charge in [-0.05, 0) is 95.6 Å². The first-order chi connectivity index (χ1) is 29.1. The van der Waals surface area contributed by atoms with Crippen LogP contribution in [0.5, 0.6) is 0 Å². The van der Waals surface area contributed by atoms with Crippen LogP contribution >= 0.6 is 0 Å². The van der Waals surface area contributed by atoms with E-state index in [9.17, 15) is 10.5 Å². The van der Waals surface area contributed by atoms with Gasteiger partial charge in [0.1, 0.15) is 0 Å². The average Bonchev–Trinajstić information content (AvgIpc) is 4.16. The van der Waals surface area contributed by atoms with Gasteiger partial charge in [0.15, 0.2) is 0 Å². The summed E-state index contributed by atoms with van der Waals surface area (Å²) in [5.74, 6) is 0. The molecule has 0 atom stereocenters. The molecule has 0 radical (unpaired) electrons. The molecular formula is C52H31N7. The van der Waals surface area contributed by atoms with Crippen LogP contribution in [0.25, 0.3) is 107 Å². The number of H-pyrrole nitrogens is 2. The van der Waals surface area contributed by atoms with Crippen LogP contribution in [0.3, 0.4) is 0 Å². The third-order valence-electron chi connectivity index (χ3n) is 11.1. The number of nitrogens with zero attached hydrogens (tertiary/aromatic N) is 5. The number of para-hydroxylation sites is 2. The van der Waals surface area contributed by atoms with Crippen LogP contribution in [0, 0.1) is 22.7 Å². The standard InChI is InChI=1S/C52H31N7/c53-30-32-27-33(31-54)29-36(28-32)51-43-21-19-39(55-43)49(34-11-3-1-4-12-34)41-23-25-45(57-41)52(59-47-17-9-7-15-37(47)38-16-8-10-18-48(38)59)46-26-24-42(58-46)50(35-13-5-2-6-14-35)40-20-22-44(51)56-40/h1-29,55,58H.